The molecule has 4 aromatic carbocycles. The number of aromatic nitrogens is 2. The zero-order chi connectivity index (χ0) is 28.6. The maximum Gasteiger partial charge on any atom is 0.256 e. The molecule has 2 radical (unpaired) electrons. The molecule has 0 aliphatic carbocycles. The average Bonchev–Trinajstić information content (AvgIpc) is 3.64. The van der Waals surface area contributed by atoms with Gasteiger partial charge in [0.1, 0.15) is 0 Å². The van der Waals surface area contributed by atoms with Gasteiger partial charge in [0.2, 0.25) is 0 Å². The Morgan fingerprint density at radius 1 is 0.500 bits per heavy atom. The topological polar surface area (TPSA) is 126 Å². The van der Waals surface area contributed by atoms with Crippen molar-refractivity contribution < 1.29 is 82.3 Å². The van der Waals surface area contributed by atoms with E-state index in [9.17, 15) is 16.8 Å². The smallest absolute Gasteiger partial charge is 0.256 e. The van der Waals surface area contributed by atoms with Gasteiger partial charge in [-0.15, -0.1) is 12.1 Å². The predicted octanol–water partition coefficient (Wildman–Crippen LogP) is 6.44. The van der Waals surface area contributed by atoms with E-state index >= 15 is 0 Å². The average molecular weight is 749 g/mol. The number of para-hydroxylation sites is 2. The molecule has 0 atom stereocenters. The van der Waals surface area contributed by atoms with Crippen molar-refractivity contribution in [3.63, 3.8) is 0 Å². The SMILES string of the molecule is O=S(=O)(c1ccccc1)n1c[c-]c2ccccc21.O=S(=O)(c1ccccc1)n1c[c-]c2ccccc21.[NH-]CC[NH-].[Y].[Y]. The molecule has 0 saturated carbocycles. The van der Waals surface area contributed by atoms with Crippen molar-refractivity contribution in [3.05, 3.63) is 145 Å². The summed E-state index contributed by atoms with van der Waals surface area (Å²) in [5, 5.41) is 1.58. The van der Waals surface area contributed by atoms with Gasteiger partial charge in [0.15, 0.2) is 0 Å². The van der Waals surface area contributed by atoms with Crippen molar-refractivity contribution in [2.24, 2.45) is 0 Å². The van der Waals surface area contributed by atoms with Crippen LogP contribution in [0.25, 0.3) is 33.3 Å². The number of fused-ring (bicyclic) bond motifs is 2. The molecule has 0 aliphatic heterocycles. The molecule has 212 valence electrons. The molecule has 12 heteroatoms. The molecule has 0 saturated heterocycles. The van der Waals surface area contributed by atoms with Gasteiger partial charge in [-0.25, -0.2) is 16.8 Å². The van der Waals surface area contributed by atoms with Crippen molar-refractivity contribution in [2.45, 2.75) is 9.79 Å². The molecule has 6 aromatic rings. The minimum Gasteiger partial charge on any atom is -0.679 e. The van der Waals surface area contributed by atoms with E-state index in [2.05, 4.69) is 12.1 Å². The molecular weight excluding hydrogens is 722 g/mol. The van der Waals surface area contributed by atoms with Gasteiger partial charge in [0, 0.05) is 65.4 Å². The van der Waals surface area contributed by atoms with Gasteiger partial charge >= 0.3 is 0 Å². The molecule has 8 nitrogen and oxygen atoms in total. The Morgan fingerprint density at radius 3 is 1.14 bits per heavy atom. The van der Waals surface area contributed by atoms with Crippen LogP contribution < -0.4 is 0 Å². The fourth-order valence-corrected chi connectivity index (χ4v) is 6.46. The summed E-state index contributed by atoms with van der Waals surface area (Å²) < 4.78 is 52.3. The summed E-state index contributed by atoms with van der Waals surface area (Å²) in [6.45, 7) is 0.472. The molecule has 0 bridgehead atoms. The van der Waals surface area contributed by atoms with Crippen LogP contribution in [0, 0.1) is 12.1 Å². The Kier molecular flexibility index (Phi) is 14.4. The van der Waals surface area contributed by atoms with Crippen LogP contribution in [0.5, 0.6) is 0 Å². The van der Waals surface area contributed by atoms with E-state index in [0.29, 0.717) is 11.0 Å². The number of hydrogen-bond acceptors (Lipinski definition) is 4. The molecule has 2 aromatic heterocycles. The van der Waals surface area contributed by atoms with E-state index in [1.165, 1.54) is 20.3 Å². The van der Waals surface area contributed by atoms with Crippen LogP contribution in [0.4, 0.5) is 0 Å². The zero-order valence-corrected chi connectivity index (χ0v) is 29.8. The Balaban J connectivity index is 0.000000250. The summed E-state index contributed by atoms with van der Waals surface area (Å²) in [7, 11) is -7.07. The Labute approximate surface area is 297 Å². The first-order valence-electron chi connectivity index (χ1n) is 12.2. The number of benzene rings is 4. The maximum absolute atomic E-state index is 12.5. The Morgan fingerprint density at radius 2 is 0.810 bits per heavy atom. The Bertz CT molecular complexity index is 1770. The van der Waals surface area contributed by atoms with Crippen LogP contribution in [0.1, 0.15) is 0 Å². The van der Waals surface area contributed by atoms with Gasteiger partial charge in [0.25, 0.3) is 20.0 Å². The van der Waals surface area contributed by atoms with Crippen molar-refractivity contribution in [2.75, 3.05) is 13.1 Å². The van der Waals surface area contributed by atoms with Crippen molar-refractivity contribution in [1.82, 2.24) is 7.94 Å². The number of hydrogen-bond donors (Lipinski definition) is 0. The number of nitrogens with one attached hydrogen (secondary N) is 2. The monoisotopic (exact) mass is 748 g/mol. The summed E-state index contributed by atoms with van der Waals surface area (Å²) in [5.41, 5.74) is 13.8. The van der Waals surface area contributed by atoms with E-state index < -0.39 is 20.0 Å². The van der Waals surface area contributed by atoms with E-state index in [-0.39, 0.29) is 88.3 Å². The van der Waals surface area contributed by atoms with Crippen LogP contribution >= 0.6 is 0 Å². The molecule has 0 unspecified atom stereocenters. The first-order chi connectivity index (χ1) is 19.3. The standard InChI is InChI=1S/2C14H10NO2S.C2H6N2.2Y/c2*16-18(17,13-7-2-1-3-8-13)15-11-10-12-6-4-5-9-14(12)15;3-1-2-4;;/h2*1-9,11H;3-4H,1-2H2;;/q2*-1;-2;;. The van der Waals surface area contributed by atoms with Gasteiger partial charge < -0.3 is 19.4 Å². The third kappa shape index (κ3) is 8.33. The summed E-state index contributed by atoms with van der Waals surface area (Å²) >= 11 is 0. The molecule has 2 heterocycles. The minimum absolute atomic E-state index is 0. The third-order valence-electron chi connectivity index (χ3n) is 5.68. The van der Waals surface area contributed by atoms with Gasteiger partial charge in [-0.05, 0) is 35.3 Å². The second-order valence-electron chi connectivity index (χ2n) is 8.31. The van der Waals surface area contributed by atoms with Crippen molar-refractivity contribution >= 4 is 41.9 Å². The molecular formula is C30H26N4O4S2Y2-4. The van der Waals surface area contributed by atoms with E-state index in [1.54, 1.807) is 72.8 Å². The molecule has 0 amide bonds. The van der Waals surface area contributed by atoms with Crippen LogP contribution in [0.3, 0.4) is 0 Å². The van der Waals surface area contributed by atoms with Gasteiger partial charge in [-0.3, -0.25) is 0 Å². The molecule has 0 fully saturated rings. The maximum atomic E-state index is 12.5. The third-order valence-corrected chi connectivity index (χ3v) is 9.06. The van der Waals surface area contributed by atoms with Crippen LogP contribution in [-0.4, -0.2) is 37.9 Å². The minimum atomic E-state index is -3.54. The molecule has 2 N–H and O–H groups in total. The van der Waals surface area contributed by atoms with Gasteiger partial charge in [-0.1, -0.05) is 73.1 Å². The molecule has 42 heavy (non-hydrogen) atoms. The largest absolute Gasteiger partial charge is 0.679 e. The molecule has 0 aliphatic rings. The van der Waals surface area contributed by atoms with E-state index in [1.807, 2.05) is 36.4 Å². The van der Waals surface area contributed by atoms with Crippen molar-refractivity contribution in [3.8, 4) is 0 Å². The van der Waals surface area contributed by atoms with E-state index in [0.717, 1.165) is 10.8 Å². The normalized spacial score (nSPS) is 10.8. The first kappa shape index (κ1) is 36.2. The van der Waals surface area contributed by atoms with E-state index in [4.69, 9.17) is 11.5 Å². The quantitative estimate of drug-likeness (QED) is 0.188. The molecule has 6 rings (SSSR count). The number of nitrogens with zero attached hydrogens (tertiary/aromatic N) is 2. The number of rotatable bonds is 5. The van der Waals surface area contributed by atoms with Gasteiger partial charge in [0.05, 0.1) is 9.79 Å². The Hall–Kier alpha value is -2.01. The first-order valence-corrected chi connectivity index (χ1v) is 15.0. The zero-order valence-electron chi connectivity index (χ0n) is 22.5. The summed E-state index contributed by atoms with van der Waals surface area (Å²) in [5.74, 6) is 0. The van der Waals surface area contributed by atoms with Gasteiger partial charge in [-0.2, -0.15) is 48.1 Å². The predicted molar refractivity (Wildman–Crippen MR) is 158 cm³/mol. The second-order valence-corrected chi connectivity index (χ2v) is 11.9. The van der Waals surface area contributed by atoms with Crippen LogP contribution in [0.2, 0.25) is 0 Å². The van der Waals surface area contributed by atoms with Crippen LogP contribution in [-0.2, 0) is 85.5 Å². The fraction of sp³-hybridized carbons (Fsp3) is 0.0667. The summed E-state index contributed by atoms with van der Waals surface area (Å²) in [6, 6.07) is 37.2. The summed E-state index contributed by atoms with van der Waals surface area (Å²) in [4.78, 5) is 0.555. The van der Waals surface area contributed by atoms with Crippen molar-refractivity contribution in [1.29, 1.82) is 0 Å². The second kappa shape index (κ2) is 16.7. The van der Waals surface area contributed by atoms with Crippen LogP contribution in [0.15, 0.2) is 131 Å². The fourth-order valence-electron chi connectivity index (χ4n) is 3.78. The molecule has 0 spiro atoms. The summed E-state index contributed by atoms with van der Waals surface area (Å²) in [6.07, 6.45) is 2.93.